The number of rotatable bonds is 5. The van der Waals surface area contributed by atoms with Crippen LogP contribution in [0.2, 0.25) is 0 Å². The molecule has 2 bridgehead atoms. The molecule has 31 heavy (non-hydrogen) atoms. The molecular formula is C24H27F3N2O2. The number of benzene rings is 2. The van der Waals surface area contributed by atoms with Crippen molar-refractivity contribution in [2.75, 3.05) is 52.5 Å². The number of hydrogen-bond donors (Lipinski definition) is 0. The van der Waals surface area contributed by atoms with E-state index in [-0.39, 0.29) is 11.7 Å². The predicted molar refractivity (Wildman–Crippen MR) is 111 cm³/mol. The molecule has 166 valence electrons. The average molecular weight is 432 g/mol. The molecule has 7 heteroatoms. The van der Waals surface area contributed by atoms with Crippen LogP contribution in [-0.4, -0.2) is 62.3 Å². The van der Waals surface area contributed by atoms with Crippen LogP contribution in [0.4, 0.5) is 13.2 Å². The van der Waals surface area contributed by atoms with Gasteiger partial charge in [-0.2, -0.15) is 13.2 Å². The van der Waals surface area contributed by atoms with E-state index in [1.165, 1.54) is 12.1 Å². The highest BCUT2D eigenvalue weighted by Crippen LogP contribution is 2.53. The maximum Gasteiger partial charge on any atom is 0.416 e. The van der Waals surface area contributed by atoms with Crippen LogP contribution in [0.15, 0.2) is 48.5 Å². The van der Waals surface area contributed by atoms with E-state index >= 15 is 0 Å². The van der Waals surface area contributed by atoms with Crippen molar-refractivity contribution in [1.29, 1.82) is 0 Å². The van der Waals surface area contributed by atoms with Gasteiger partial charge in [-0.3, -0.25) is 9.80 Å². The fourth-order valence-electron chi connectivity index (χ4n) is 5.28. The van der Waals surface area contributed by atoms with E-state index in [0.717, 1.165) is 56.9 Å². The summed E-state index contributed by atoms with van der Waals surface area (Å²) >= 11 is 0. The highest BCUT2D eigenvalue weighted by Gasteiger charge is 2.53. The van der Waals surface area contributed by atoms with Crippen molar-refractivity contribution in [3.63, 3.8) is 0 Å². The Morgan fingerprint density at radius 1 is 0.903 bits per heavy atom. The first-order chi connectivity index (χ1) is 15.0. The monoisotopic (exact) mass is 432 g/mol. The third-order valence-corrected chi connectivity index (χ3v) is 6.68. The van der Waals surface area contributed by atoms with Gasteiger partial charge >= 0.3 is 6.18 Å². The van der Waals surface area contributed by atoms with Crippen LogP contribution in [0.25, 0.3) is 0 Å². The fraction of sp³-hybridized carbons (Fsp3) is 0.500. The third kappa shape index (κ3) is 3.89. The maximum absolute atomic E-state index is 13.9. The van der Waals surface area contributed by atoms with Gasteiger partial charge in [-0.25, -0.2) is 0 Å². The molecule has 0 amide bonds. The van der Waals surface area contributed by atoms with Crippen molar-refractivity contribution in [3.8, 4) is 0 Å². The van der Waals surface area contributed by atoms with E-state index in [1.54, 1.807) is 12.1 Å². The maximum atomic E-state index is 13.9. The normalized spacial score (nSPS) is 26.7. The summed E-state index contributed by atoms with van der Waals surface area (Å²) in [5.41, 5.74) is 0.392. The lowest BCUT2D eigenvalue weighted by Crippen LogP contribution is -2.49. The summed E-state index contributed by atoms with van der Waals surface area (Å²) in [7, 11) is 0. The molecule has 2 aromatic rings. The van der Waals surface area contributed by atoms with E-state index in [0.29, 0.717) is 13.1 Å². The number of nitrogens with zero attached hydrogens (tertiary/aromatic N) is 2. The van der Waals surface area contributed by atoms with Gasteiger partial charge in [-0.15, -0.1) is 0 Å². The summed E-state index contributed by atoms with van der Waals surface area (Å²) in [5.74, 6) is 0. The molecule has 5 rings (SSSR count). The fourth-order valence-corrected chi connectivity index (χ4v) is 5.28. The van der Waals surface area contributed by atoms with Crippen molar-refractivity contribution in [2.24, 2.45) is 0 Å². The summed E-state index contributed by atoms with van der Waals surface area (Å²) in [6.45, 7) is 6.37. The molecule has 0 spiro atoms. The first-order valence-electron chi connectivity index (χ1n) is 10.9. The number of halogens is 3. The second kappa shape index (κ2) is 8.20. The summed E-state index contributed by atoms with van der Waals surface area (Å²) in [4.78, 5) is 4.67. The Balaban J connectivity index is 1.44. The smallest absolute Gasteiger partial charge is 0.379 e. The molecule has 0 aromatic heterocycles. The Morgan fingerprint density at radius 3 is 2.35 bits per heavy atom. The Hall–Kier alpha value is -1.93. The van der Waals surface area contributed by atoms with Gasteiger partial charge in [0.2, 0.25) is 0 Å². The standard InChI is InChI=1S/C24H27F3N2O2/c25-24(26,27)21-9-4-3-8-20(21)23-17-29(11-5-10-28-12-14-30-15-13-28)16-22(31-23)18-6-1-2-7-19(18)23/h1-4,6-9,22H,5,10-17H2. The number of fused-ring (bicyclic) bond motifs is 5. The van der Waals surface area contributed by atoms with Gasteiger partial charge in [0.15, 0.2) is 0 Å². The van der Waals surface area contributed by atoms with Crippen molar-refractivity contribution in [1.82, 2.24) is 9.80 Å². The number of ether oxygens (including phenoxy) is 2. The van der Waals surface area contributed by atoms with Gasteiger partial charge in [0, 0.05) is 31.7 Å². The summed E-state index contributed by atoms with van der Waals surface area (Å²) < 4.78 is 53.6. The first kappa shape index (κ1) is 20.9. The minimum absolute atomic E-state index is 0.213. The van der Waals surface area contributed by atoms with Crippen LogP contribution in [0.3, 0.4) is 0 Å². The molecule has 2 atom stereocenters. The van der Waals surface area contributed by atoms with Crippen LogP contribution in [0, 0.1) is 0 Å². The Labute approximate surface area is 180 Å². The lowest BCUT2D eigenvalue weighted by molar-refractivity contribution is -0.148. The SMILES string of the molecule is FC(F)(F)c1ccccc1C12CN(CCCN3CCOCC3)CC(O1)c1ccccc12. The molecular weight excluding hydrogens is 405 g/mol. The van der Waals surface area contributed by atoms with Crippen molar-refractivity contribution < 1.29 is 22.6 Å². The van der Waals surface area contributed by atoms with E-state index in [1.807, 2.05) is 24.3 Å². The first-order valence-corrected chi connectivity index (χ1v) is 10.9. The lowest BCUT2D eigenvalue weighted by atomic mass is 9.82. The van der Waals surface area contributed by atoms with Crippen LogP contribution in [0.1, 0.15) is 34.8 Å². The minimum Gasteiger partial charge on any atom is -0.379 e. The number of hydrogen-bond acceptors (Lipinski definition) is 4. The van der Waals surface area contributed by atoms with E-state index in [2.05, 4.69) is 9.80 Å². The van der Waals surface area contributed by atoms with Crippen molar-refractivity contribution in [3.05, 3.63) is 70.8 Å². The molecule has 3 aliphatic heterocycles. The predicted octanol–water partition coefficient (Wildman–Crippen LogP) is 4.06. The molecule has 2 unspecified atom stereocenters. The van der Waals surface area contributed by atoms with E-state index in [4.69, 9.17) is 9.47 Å². The van der Waals surface area contributed by atoms with Gasteiger partial charge < -0.3 is 9.47 Å². The van der Waals surface area contributed by atoms with Crippen molar-refractivity contribution in [2.45, 2.75) is 24.3 Å². The lowest BCUT2D eigenvalue weighted by Gasteiger charge is -2.42. The van der Waals surface area contributed by atoms with E-state index in [9.17, 15) is 13.2 Å². The van der Waals surface area contributed by atoms with Gasteiger partial charge in [0.1, 0.15) is 5.60 Å². The molecule has 3 heterocycles. The molecule has 0 aliphatic carbocycles. The molecule has 2 saturated heterocycles. The molecule has 2 fully saturated rings. The summed E-state index contributed by atoms with van der Waals surface area (Å²) in [5, 5.41) is 0. The molecule has 4 nitrogen and oxygen atoms in total. The van der Waals surface area contributed by atoms with Gasteiger partial charge in [0.05, 0.1) is 24.9 Å². The van der Waals surface area contributed by atoms with Crippen LogP contribution < -0.4 is 0 Å². The van der Waals surface area contributed by atoms with Crippen molar-refractivity contribution >= 4 is 0 Å². The highest BCUT2D eigenvalue weighted by molar-refractivity contribution is 5.50. The van der Waals surface area contributed by atoms with E-state index < -0.39 is 17.3 Å². The quantitative estimate of drug-likeness (QED) is 0.712. The zero-order valence-corrected chi connectivity index (χ0v) is 17.4. The Morgan fingerprint density at radius 2 is 1.58 bits per heavy atom. The topological polar surface area (TPSA) is 24.9 Å². The van der Waals surface area contributed by atoms with Gasteiger partial charge in [-0.1, -0.05) is 42.5 Å². The molecule has 3 aliphatic rings. The highest BCUT2D eigenvalue weighted by atomic mass is 19.4. The van der Waals surface area contributed by atoms with Crippen LogP contribution in [0.5, 0.6) is 0 Å². The van der Waals surface area contributed by atoms with Gasteiger partial charge in [0.25, 0.3) is 0 Å². The Bertz CT molecular complexity index is 929. The van der Waals surface area contributed by atoms with Crippen LogP contribution >= 0.6 is 0 Å². The minimum atomic E-state index is -4.43. The zero-order chi connectivity index (χ0) is 21.5. The van der Waals surface area contributed by atoms with Gasteiger partial charge in [-0.05, 0) is 36.7 Å². The number of morpholine rings is 2. The second-order valence-electron chi connectivity index (χ2n) is 8.61. The summed E-state index contributed by atoms with van der Waals surface area (Å²) in [6.07, 6.45) is -3.67. The Kier molecular flexibility index (Phi) is 5.54. The molecule has 0 saturated carbocycles. The number of alkyl halides is 3. The second-order valence-corrected chi connectivity index (χ2v) is 8.61. The van der Waals surface area contributed by atoms with Crippen LogP contribution in [-0.2, 0) is 21.3 Å². The zero-order valence-electron chi connectivity index (χ0n) is 17.4. The largest absolute Gasteiger partial charge is 0.416 e. The molecule has 0 N–H and O–H groups in total. The molecule has 2 aromatic carbocycles. The molecule has 0 radical (unpaired) electrons. The third-order valence-electron chi connectivity index (χ3n) is 6.68. The summed E-state index contributed by atoms with van der Waals surface area (Å²) in [6, 6.07) is 13.6. The average Bonchev–Trinajstić information content (AvgIpc) is 3.02.